The van der Waals surface area contributed by atoms with E-state index >= 15 is 0 Å². The number of ether oxygens (including phenoxy) is 1. The summed E-state index contributed by atoms with van der Waals surface area (Å²) in [6.45, 7) is 5.02. The Morgan fingerprint density at radius 1 is 1.20 bits per heavy atom. The van der Waals surface area contributed by atoms with Gasteiger partial charge in [-0.25, -0.2) is 9.78 Å². The lowest BCUT2D eigenvalue weighted by molar-refractivity contribution is 0.341. The van der Waals surface area contributed by atoms with Crippen LogP contribution in [0.3, 0.4) is 0 Å². The molecule has 0 unspecified atom stereocenters. The molecule has 0 saturated heterocycles. The fraction of sp³-hybridized carbons (Fsp3) is 0.389. The molecule has 2 heterocycles. The normalized spacial score (nSPS) is 11.2. The zero-order valence-corrected chi connectivity index (χ0v) is 14.7. The molecule has 3 aromatic rings. The summed E-state index contributed by atoms with van der Waals surface area (Å²) in [5.74, 6) is 1.20. The summed E-state index contributed by atoms with van der Waals surface area (Å²) >= 11 is 0. The number of nitrogens with one attached hydrogen (secondary N) is 1. The summed E-state index contributed by atoms with van der Waals surface area (Å²) in [4.78, 5) is 32.6. The molecule has 0 spiro atoms. The lowest BCUT2D eigenvalue weighted by Gasteiger charge is -2.07. The van der Waals surface area contributed by atoms with E-state index in [-0.39, 0.29) is 11.2 Å². The molecule has 7 heteroatoms. The Labute approximate surface area is 144 Å². The monoisotopic (exact) mass is 342 g/mol. The number of aryl methyl sites for hydroxylation is 1. The second kappa shape index (κ2) is 6.96. The summed E-state index contributed by atoms with van der Waals surface area (Å²) in [7, 11) is 1.49. The van der Waals surface area contributed by atoms with Crippen LogP contribution in [0, 0.1) is 0 Å². The van der Waals surface area contributed by atoms with Gasteiger partial charge in [-0.15, -0.1) is 0 Å². The van der Waals surface area contributed by atoms with E-state index in [2.05, 4.69) is 16.9 Å². The quantitative estimate of drug-likeness (QED) is 0.745. The number of fused-ring (bicyclic) bond motifs is 1. The van der Waals surface area contributed by atoms with Crippen LogP contribution in [0.4, 0.5) is 0 Å². The van der Waals surface area contributed by atoms with E-state index in [0.29, 0.717) is 35.9 Å². The Balaban J connectivity index is 2.26. The lowest BCUT2D eigenvalue weighted by Crippen LogP contribution is -2.38. The first kappa shape index (κ1) is 17.0. The molecule has 0 amide bonds. The predicted octanol–water partition coefficient (Wildman–Crippen LogP) is 2.29. The summed E-state index contributed by atoms with van der Waals surface area (Å²) in [6.07, 6.45) is 1.78. The van der Waals surface area contributed by atoms with Crippen LogP contribution in [-0.4, -0.2) is 25.7 Å². The molecule has 1 aromatic carbocycles. The highest BCUT2D eigenvalue weighted by Crippen LogP contribution is 2.28. The van der Waals surface area contributed by atoms with Crippen LogP contribution in [0.15, 0.2) is 33.9 Å². The third-order valence-corrected chi connectivity index (χ3v) is 4.15. The van der Waals surface area contributed by atoms with E-state index < -0.39 is 0 Å². The van der Waals surface area contributed by atoms with Gasteiger partial charge in [-0.2, -0.15) is 0 Å². The third-order valence-electron chi connectivity index (χ3n) is 4.15. The molecule has 25 heavy (non-hydrogen) atoms. The number of hydrogen-bond donors (Lipinski definition) is 1. The van der Waals surface area contributed by atoms with Crippen LogP contribution in [0.25, 0.3) is 22.6 Å². The summed E-state index contributed by atoms with van der Waals surface area (Å²) < 4.78 is 8.33. The first-order chi connectivity index (χ1) is 12.1. The van der Waals surface area contributed by atoms with Crippen molar-refractivity contribution in [3.8, 4) is 17.1 Å². The second-order valence-corrected chi connectivity index (χ2v) is 5.87. The molecule has 7 nitrogen and oxygen atoms in total. The van der Waals surface area contributed by atoms with Gasteiger partial charge in [0.1, 0.15) is 17.1 Å². The van der Waals surface area contributed by atoms with Gasteiger partial charge in [0.15, 0.2) is 5.65 Å². The van der Waals surface area contributed by atoms with Gasteiger partial charge >= 0.3 is 5.69 Å². The summed E-state index contributed by atoms with van der Waals surface area (Å²) in [5, 5.41) is 0. The van der Waals surface area contributed by atoms with Gasteiger partial charge in [-0.05, 0) is 25.5 Å². The van der Waals surface area contributed by atoms with Crippen molar-refractivity contribution in [2.24, 2.45) is 7.05 Å². The molecule has 0 aliphatic heterocycles. The second-order valence-electron chi connectivity index (χ2n) is 5.87. The molecule has 0 aliphatic rings. The van der Waals surface area contributed by atoms with Crippen molar-refractivity contribution in [1.29, 1.82) is 0 Å². The molecule has 132 valence electrons. The van der Waals surface area contributed by atoms with Gasteiger partial charge in [0.05, 0.1) is 12.2 Å². The van der Waals surface area contributed by atoms with E-state index in [4.69, 9.17) is 4.74 Å². The number of imidazole rings is 1. The fourth-order valence-corrected chi connectivity index (χ4v) is 2.82. The van der Waals surface area contributed by atoms with E-state index in [9.17, 15) is 9.59 Å². The van der Waals surface area contributed by atoms with E-state index in [1.165, 1.54) is 7.05 Å². The van der Waals surface area contributed by atoms with Crippen LogP contribution in [0.2, 0.25) is 0 Å². The predicted molar refractivity (Wildman–Crippen MR) is 97.1 cm³/mol. The molecular formula is C18H22N4O3. The maximum atomic E-state index is 12.5. The van der Waals surface area contributed by atoms with Crippen LogP contribution in [0.5, 0.6) is 5.75 Å². The Hall–Kier alpha value is -2.83. The highest BCUT2D eigenvalue weighted by atomic mass is 16.5. The Morgan fingerprint density at radius 2 is 1.96 bits per heavy atom. The molecular weight excluding hydrogens is 320 g/mol. The number of para-hydroxylation sites is 1. The maximum absolute atomic E-state index is 12.5. The number of nitrogens with zero attached hydrogens (tertiary/aromatic N) is 3. The molecule has 0 fully saturated rings. The van der Waals surface area contributed by atoms with Gasteiger partial charge < -0.3 is 9.72 Å². The van der Waals surface area contributed by atoms with E-state index in [1.54, 1.807) is 4.57 Å². The Morgan fingerprint density at radius 3 is 2.68 bits per heavy atom. The molecule has 0 saturated carbocycles. The van der Waals surface area contributed by atoms with E-state index in [1.807, 2.05) is 31.2 Å². The van der Waals surface area contributed by atoms with Crippen molar-refractivity contribution in [3.05, 3.63) is 45.1 Å². The van der Waals surface area contributed by atoms with Crippen molar-refractivity contribution in [2.75, 3.05) is 6.61 Å². The highest BCUT2D eigenvalue weighted by molar-refractivity contribution is 5.77. The molecule has 1 N–H and O–H groups in total. The average Bonchev–Trinajstić information content (AvgIpc) is 3.06. The molecule has 0 aliphatic carbocycles. The molecule has 2 aromatic heterocycles. The van der Waals surface area contributed by atoms with Crippen LogP contribution < -0.4 is 16.0 Å². The number of benzene rings is 1. The maximum Gasteiger partial charge on any atom is 0.332 e. The topological polar surface area (TPSA) is 81.9 Å². The van der Waals surface area contributed by atoms with Crippen molar-refractivity contribution in [2.45, 2.75) is 33.2 Å². The van der Waals surface area contributed by atoms with Crippen molar-refractivity contribution >= 4 is 11.2 Å². The minimum absolute atomic E-state index is 0.333. The Bertz CT molecular complexity index is 1010. The Kier molecular flexibility index (Phi) is 4.74. The molecule has 3 rings (SSSR count). The van der Waals surface area contributed by atoms with Crippen LogP contribution >= 0.6 is 0 Å². The number of aromatic amines is 1. The number of unbranched alkanes of at least 4 members (excludes halogenated alkanes) is 1. The van der Waals surface area contributed by atoms with Crippen molar-refractivity contribution < 1.29 is 4.74 Å². The standard InChI is InChI=1S/C18H22N4O3/c1-4-6-11-22-16-14(17(23)21(3)18(22)24)19-15(20-16)12-9-7-8-10-13(12)25-5-2/h7-10H,4-6,11H2,1-3H3,(H,19,20). The van der Waals surface area contributed by atoms with Crippen molar-refractivity contribution in [3.63, 3.8) is 0 Å². The smallest absolute Gasteiger partial charge is 0.332 e. The lowest BCUT2D eigenvalue weighted by atomic mass is 10.2. The summed E-state index contributed by atoms with van der Waals surface area (Å²) in [6, 6.07) is 7.50. The van der Waals surface area contributed by atoms with Gasteiger partial charge in [-0.3, -0.25) is 13.9 Å². The number of hydrogen-bond acceptors (Lipinski definition) is 4. The van der Waals surface area contributed by atoms with Crippen LogP contribution in [-0.2, 0) is 13.6 Å². The number of H-pyrrole nitrogens is 1. The molecule has 0 radical (unpaired) electrons. The highest BCUT2D eigenvalue weighted by Gasteiger charge is 2.17. The van der Waals surface area contributed by atoms with Gasteiger partial charge in [0, 0.05) is 13.6 Å². The fourth-order valence-electron chi connectivity index (χ4n) is 2.82. The first-order valence-electron chi connectivity index (χ1n) is 8.50. The molecule has 0 atom stereocenters. The zero-order valence-electron chi connectivity index (χ0n) is 14.7. The summed E-state index contributed by atoms with van der Waals surface area (Å²) in [5.41, 5.74) is 0.766. The van der Waals surface area contributed by atoms with Gasteiger partial charge in [0.2, 0.25) is 0 Å². The van der Waals surface area contributed by atoms with Gasteiger partial charge in [-0.1, -0.05) is 25.5 Å². The minimum Gasteiger partial charge on any atom is -0.493 e. The largest absolute Gasteiger partial charge is 0.493 e. The van der Waals surface area contributed by atoms with Crippen molar-refractivity contribution in [1.82, 2.24) is 19.1 Å². The number of aromatic nitrogens is 4. The average molecular weight is 342 g/mol. The third kappa shape index (κ3) is 2.97. The SMILES string of the molecule is CCCCn1c(=O)n(C)c(=O)c2[nH]c(-c3ccccc3OCC)nc21. The first-order valence-corrected chi connectivity index (χ1v) is 8.50. The number of rotatable bonds is 6. The minimum atomic E-state index is -0.375. The van der Waals surface area contributed by atoms with E-state index in [0.717, 1.165) is 23.0 Å². The van der Waals surface area contributed by atoms with Crippen LogP contribution in [0.1, 0.15) is 26.7 Å². The zero-order chi connectivity index (χ0) is 18.0. The molecule has 0 bridgehead atoms. The van der Waals surface area contributed by atoms with Gasteiger partial charge in [0.25, 0.3) is 5.56 Å².